The first-order chi connectivity index (χ1) is 6.45. The van der Waals surface area contributed by atoms with E-state index < -0.39 is 0 Å². The Hall–Kier alpha value is -1.38. The quantitative estimate of drug-likeness (QED) is 0.660. The molecule has 76 valence electrons. The molecule has 1 aromatic rings. The zero-order valence-corrected chi connectivity index (χ0v) is 9.28. The van der Waals surface area contributed by atoms with Crippen molar-refractivity contribution in [2.45, 2.75) is 27.7 Å². The maximum Gasteiger partial charge on any atom is 0.233 e. The van der Waals surface area contributed by atoms with Gasteiger partial charge in [-0.2, -0.15) is 0 Å². The van der Waals surface area contributed by atoms with Crippen molar-refractivity contribution < 1.29 is 0 Å². The van der Waals surface area contributed by atoms with Crippen molar-refractivity contribution in [2.75, 3.05) is 0 Å². The predicted octanol–water partition coefficient (Wildman–Crippen LogP) is 3.12. The molecule has 0 bridgehead atoms. The molecule has 0 aliphatic rings. The van der Waals surface area contributed by atoms with Crippen molar-refractivity contribution in [3.05, 3.63) is 18.0 Å². The average Bonchev–Trinajstić information content (AvgIpc) is 2.50. The lowest BCUT2D eigenvalue weighted by Gasteiger charge is -2.19. The molecule has 0 N–H and O–H groups in total. The van der Waals surface area contributed by atoms with E-state index in [-0.39, 0.29) is 5.41 Å². The standard InChI is InChI=1S/C11H17N3/c1-9(11(2,3)4)8-14-7-6-13-10(14)12-5/h6-8H,5H2,1-4H3/b9-8+. The maximum absolute atomic E-state index is 4.06. The highest BCUT2D eigenvalue weighted by Gasteiger charge is 2.12. The molecule has 1 rings (SSSR count). The number of allylic oxidation sites excluding steroid dienone is 1. The number of hydrogen-bond donors (Lipinski definition) is 0. The fourth-order valence-corrected chi connectivity index (χ4v) is 0.931. The zero-order chi connectivity index (χ0) is 10.8. The fraction of sp³-hybridized carbons (Fsp3) is 0.455. The van der Waals surface area contributed by atoms with Gasteiger partial charge in [0.2, 0.25) is 5.95 Å². The fourth-order valence-electron chi connectivity index (χ4n) is 0.931. The predicted molar refractivity (Wildman–Crippen MR) is 60.8 cm³/mol. The van der Waals surface area contributed by atoms with Crippen LogP contribution in [0.15, 0.2) is 23.0 Å². The second-order valence-corrected chi connectivity index (χ2v) is 4.35. The van der Waals surface area contributed by atoms with Crippen LogP contribution in [-0.2, 0) is 0 Å². The maximum atomic E-state index is 4.06. The van der Waals surface area contributed by atoms with Gasteiger partial charge in [0.25, 0.3) is 0 Å². The van der Waals surface area contributed by atoms with E-state index in [1.54, 1.807) is 6.20 Å². The number of aromatic nitrogens is 2. The van der Waals surface area contributed by atoms with Crippen LogP contribution in [0.25, 0.3) is 6.20 Å². The Kier molecular flexibility index (Phi) is 2.89. The number of aliphatic imine (C=N–C) groups is 1. The summed E-state index contributed by atoms with van der Waals surface area (Å²) < 4.78 is 1.88. The number of imidazole rings is 1. The van der Waals surface area contributed by atoms with Crippen molar-refractivity contribution in [1.29, 1.82) is 0 Å². The van der Waals surface area contributed by atoms with Gasteiger partial charge >= 0.3 is 0 Å². The molecule has 0 saturated carbocycles. The van der Waals surface area contributed by atoms with Crippen LogP contribution in [0.1, 0.15) is 27.7 Å². The third kappa shape index (κ3) is 2.31. The molecule has 0 amide bonds. The van der Waals surface area contributed by atoms with E-state index in [2.05, 4.69) is 44.4 Å². The molecule has 14 heavy (non-hydrogen) atoms. The Bertz CT molecular complexity index is 353. The SMILES string of the molecule is C=Nc1nccn1/C=C(\C)C(C)(C)C. The van der Waals surface area contributed by atoms with Gasteiger partial charge in [0.05, 0.1) is 0 Å². The number of nitrogens with zero attached hydrogens (tertiary/aromatic N) is 3. The first-order valence-corrected chi connectivity index (χ1v) is 4.63. The molecule has 0 aliphatic heterocycles. The minimum absolute atomic E-state index is 0.169. The molecule has 3 nitrogen and oxygen atoms in total. The van der Waals surface area contributed by atoms with Crippen LogP contribution in [0.5, 0.6) is 0 Å². The largest absolute Gasteiger partial charge is 0.291 e. The van der Waals surface area contributed by atoms with Crippen LogP contribution in [-0.4, -0.2) is 16.3 Å². The van der Waals surface area contributed by atoms with E-state index in [4.69, 9.17) is 0 Å². The monoisotopic (exact) mass is 191 g/mol. The summed E-state index contributed by atoms with van der Waals surface area (Å²) in [5, 5.41) is 0. The first-order valence-electron chi connectivity index (χ1n) is 4.63. The van der Waals surface area contributed by atoms with Crippen LogP contribution in [0.2, 0.25) is 0 Å². The lowest BCUT2D eigenvalue weighted by atomic mass is 9.88. The first kappa shape index (κ1) is 10.7. The molecule has 0 aromatic carbocycles. The van der Waals surface area contributed by atoms with Crippen molar-refractivity contribution in [2.24, 2.45) is 10.4 Å². The number of rotatable bonds is 2. The van der Waals surface area contributed by atoms with Gasteiger partial charge in [-0.15, -0.1) is 0 Å². The third-order valence-electron chi connectivity index (χ3n) is 2.31. The minimum atomic E-state index is 0.169. The molecule has 0 fully saturated rings. The van der Waals surface area contributed by atoms with Gasteiger partial charge in [-0.05, 0) is 19.1 Å². The second-order valence-electron chi connectivity index (χ2n) is 4.35. The molecule has 0 saturated heterocycles. The van der Waals surface area contributed by atoms with Gasteiger partial charge in [0.15, 0.2) is 0 Å². The Morgan fingerprint density at radius 2 is 2.21 bits per heavy atom. The summed E-state index contributed by atoms with van der Waals surface area (Å²) in [6.07, 6.45) is 5.63. The van der Waals surface area contributed by atoms with Crippen molar-refractivity contribution in [3.8, 4) is 0 Å². The normalized spacial score (nSPS) is 13.0. The van der Waals surface area contributed by atoms with Gasteiger partial charge in [0.1, 0.15) is 0 Å². The topological polar surface area (TPSA) is 30.2 Å². The molecular formula is C11H17N3. The molecule has 0 aliphatic carbocycles. The van der Waals surface area contributed by atoms with Crippen LogP contribution in [0.4, 0.5) is 5.95 Å². The van der Waals surface area contributed by atoms with Gasteiger partial charge < -0.3 is 0 Å². The molecular weight excluding hydrogens is 174 g/mol. The van der Waals surface area contributed by atoms with E-state index >= 15 is 0 Å². The van der Waals surface area contributed by atoms with Crippen molar-refractivity contribution in [3.63, 3.8) is 0 Å². The van der Waals surface area contributed by atoms with Crippen molar-refractivity contribution >= 4 is 18.9 Å². The Balaban J connectivity index is 3.03. The summed E-state index contributed by atoms with van der Waals surface area (Å²) in [4.78, 5) is 7.88. The second kappa shape index (κ2) is 3.78. The highest BCUT2D eigenvalue weighted by molar-refractivity contribution is 5.43. The Labute approximate surface area is 85.2 Å². The molecule has 1 aromatic heterocycles. The summed E-state index contributed by atoms with van der Waals surface area (Å²) in [5.74, 6) is 0.633. The van der Waals surface area contributed by atoms with Gasteiger partial charge in [-0.3, -0.25) is 4.57 Å². The lowest BCUT2D eigenvalue weighted by molar-refractivity contribution is 0.506. The van der Waals surface area contributed by atoms with Gasteiger partial charge in [-0.1, -0.05) is 26.3 Å². The molecule has 1 heterocycles. The highest BCUT2D eigenvalue weighted by atomic mass is 15.1. The summed E-state index contributed by atoms with van der Waals surface area (Å²) in [6, 6.07) is 0. The van der Waals surface area contributed by atoms with Crippen LogP contribution in [0, 0.1) is 5.41 Å². The highest BCUT2D eigenvalue weighted by Crippen LogP contribution is 2.25. The van der Waals surface area contributed by atoms with Gasteiger partial charge in [0, 0.05) is 18.6 Å². The lowest BCUT2D eigenvalue weighted by Crippen LogP contribution is -2.07. The number of hydrogen-bond acceptors (Lipinski definition) is 2. The molecule has 3 heteroatoms. The van der Waals surface area contributed by atoms with Crippen molar-refractivity contribution in [1.82, 2.24) is 9.55 Å². The summed E-state index contributed by atoms with van der Waals surface area (Å²) >= 11 is 0. The Morgan fingerprint density at radius 3 is 2.71 bits per heavy atom. The van der Waals surface area contributed by atoms with Crippen LogP contribution < -0.4 is 0 Å². The molecule has 0 radical (unpaired) electrons. The summed E-state index contributed by atoms with van der Waals surface area (Å²) in [5.41, 5.74) is 1.45. The van der Waals surface area contributed by atoms with E-state index in [0.29, 0.717) is 5.95 Å². The van der Waals surface area contributed by atoms with E-state index in [0.717, 1.165) is 0 Å². The van der Waals surface area contributed by atoms with E-state index in [1.807, 2.05) is 17.0 Å². The van der Waals surface area contributed by atoms with Gasteiger partial charge in [-0.25, -0.2) is 9.98 Å². The summed E-state index contributed by atoms with van der Waals surface area (Å²) in [7, 11) is 0. The smallest absolute Gasteiger partial charge is 0.233 e. The molecule has 0 spiro atoms. The molecule has 0 atom stereocenters. The minimum Gasteiger partial charge on any atom is -0.291 e. The molecule has 0 unspecified atom stereocenters. The Morgan fingerprint density at radius 1 is 1.57 bits per heavy atom. The van der Waals surface area contributed by atoms with E-state index in [9.17, 15) is 0 Å². The third-order valence-corrected chi connectivity index (χ3v) is 2.31. The van der Waals surface area contributed by atoms with E-state index in [1.165, 1.54) is 5.57 Å². The zero-order valence-electron chi connectivity index (χ0n) is 9.28. The summed E-state index contributed by atoms with van der Waals surface area (Å²) in [6.45, 7) is 12.1. The van der Waals surface area contributed by atoms with Crippen LogP contribution in [0.3, 0.4) is 0 Å². The van der Waals surface area contributed by atoms with Crippen LogP contribution >= 0.6 is 0 Å². The average molecular weight is 191 g/mol.